The van der Waals surface area contributed by atoms with Crippen LogP contribution in [0.3, 0.4) is 0 Å². The van der Waals surface area contributed by atoms with Crippen molar-refractivity contribution in [1.29, 1.82) is 0 Å². The molecule has 2 N–H and O–H groups in total. The molecular formula is C24H22F3N3O3S. The zero-order valence-corrected chi connectivity index (χ0v) is 18.9. The molecule has 3 amide bonds. The third-order valence-corrected chi connectivity index (χ3v) is 6.99. The predicted molar refractivity (Wildman–Crippen MR) is 123 cm³/mol. The molecule has 2 aromatic rings. The molecule has 4 rings (SSSR count). The van der Waals surface area contributed by atoms with Gasteiger partial charge in [0.25, 0.3) is 5.91 Å². The van der Waals surface area contributed by atoms with Gasteiger partial charge < -0.3 is 10.6 Å². The van der Waals surface area contributed by atoms with E-state index in [0.717, 1.165) is 17.0 Å². The van der Waals surface area contributed by atoms with E-state index in [1.165, 1.54) is 34.9 Å². The smallest absolute Gasteiger partial charge is 0.369 e. The Morgan fingerprint density at radius 2 is 1.71 bits per heavy atom. The average molecular weight is 490 g/mol. The van der Waals surface area contributed by atoms with Crippen LogP contribution in [0.25, 0.3) is 6.08 Å². The minimum absolute atomic E-state index is 0.179. The van der Waals surface area contributed by atoms with Crippen molar-refractivity contribution in [3.63, 3.8) is 0 Å². The first-order valence-corrected chi connectivity index (χ1v) is 11.5. The van der Waals surface area contributed by atoms with Crippen molar-refractivity contribution < 1.29 is 27.6 Å². The minimum Gasteiger partial charge on any atom is -0.369 e. The highest BCUT2D eigenvalue weighted by Gasteiger charge is 2.33. The zero-order valence-electron chi connectivity index (χ0n) is 18.0. The number of thioether (sulfide) groups is 1. The number of alkyl halides is 3. The molecule has 2 heterocycles. The molecule has 34 heavy (non-hydrogen) atoms. The number of fused-ring (bicyclic) bond motifs is 1. The number of halogens is 3. The fraction of sp³-hybridized carbons (Fsp3) is 0.292. The number of benzene rings is 2. The summed E-state index contributed by atoms with van der Waals surface area (Å²) < 4.78 is 38.6. The Morgan fingerprint density at radius 3 is 2.32 bits per heavy atom. The number of carbonyl (C=O) groups excluding carboxylic acids is 3. The van der Waals surface area contributed by atoms with Crippen LogP contribution in [-0.4, -0.2) is 42.3 Å². The number of rotatable bonds is 4. The van der Waals surface area contributed by atoms with Crippen LogP contribution in [0.5, 0.6) is 0 Å². The van der Waals surface area contributed by atoms with Gasteiger partial charge in [-0.05, 0) is 48.7 Å². The molecule has 10 heteroatoms. The number of carbonyl (C=O) groups is 3. The zero-order chi connectivity index (χ0) is 24.5. The number of para-hydroxylation sites is 1. The lowest BCUT2D eigenvalue weighted by molar-refractivity contribution is -0.137. The van der Waals surface area contributed by atoms with E-state index >= 15 is 0 Å². The summed E-state index contributed by atoms with van der Waals surface area (Å²) in [5, 5.41) is 0. The topological polar surface area (TPSA) is 83.7 Å². The summed E-state index contributed by atoms with van der Waals surface area (Å²) in [6.07, 6.45) is -1.94. The maximum Gasteiger partial charge on any atom is 0.416 e. The summed E-state index contributed by atoms with van der Waals surface area (Å²) in [6, 6.07) is 11.7. The van der Waals surface area contributed by atoms with E-state index in [0.29, 0.717) is 42.1 Å². The van der Waals surface area contributed by atoms with Gasteiger partial charge in [-0.3, -0.25) is 19.3 Å². The van der Waals surface area contributed by atoms with Crippen molar-refractivity contribution in [3.8, 4) is 0 Å². The molecule has 0 radical (unpaired) electrons. The summed E-state index contributed by atoms with van der Waals surface area (Å²) in [5.74, 6) is -1.27. The molecule has 0 atom stereocenters. The molecule has 0 aliphatic carbocycles. The molecule has 0 aromatic heterocycles. The highest BCUT2D eigenvalue weighted by Crippen LogP contribution is 2.42. The number of likely N-dealkylation sites (tertiary alicyclic amines) is 1. The monoisotopic (exact) mass is 489 g/mol. The number of anilines is 1. The number of nitrogens with zero attached hydrogens (tertiary/aromatic N) is 2. The minimum atomic E-state index is -4.44. The van der Waals surface area contributed by atoms with Gasteiger partial charge >= 0.3 is 6.18 Å². The maximum absolute atomic E-state index is 13.3. The van der Waals surface area contributed by atoms with Crippen molar-refractivity contribution in [1.82, 2.24) is 4.90 Å². The first kappa shape index (κ1) is 23.9. The van der Waals surface area contributed by atoms with Crippen molar-refractivity contribution in [2.24, 2.45) is 11.7 Å². The third kappa shape index (κ3) is 5.11. The Bertz CT molecular complexity index is 1140. The summed E-state index contributed by atoms with van der Waals surface area (Å²) in [5.41, 5.74) is 5.64. The SMILES string of the molecule is NC(=O)C1CCN(C(=O)CN2C(=O)C(=Cc3ccc(C(F)(F)F)cc3)Sc3ccccc32)CC1. The van der Waals surface area contributed by atoms with Gasteiger partial charge in [0, 0.05) is 23.9 Å². The van der Waals surface area contributed by atoms with Gasteiger partial charge in [0.15, 0.2) is 0 Å². The lowest BCUT2D eigenvalue weighted by Gasteiger charge is -2.34. The van der Waals surface area contributed by atoms with Crippen molar-refractivity contribution >= 4 is 41.2 Å². The van der Waals surface area contributed by atoms with E-state index < -0.39 is 17.6 Å². The normalized spacial score (nSPS) is 18.2. The Kier molecular flexibility index (Phi) is 6.70. The molecule has 2 aliphatic heterocycles. The lowest BCUT2D eigenvalue weighted by atomic mass is 9.96. The van der Waals surface area contributed by atoms with Gasteiger partial charge in [0.05, 0.1) is 16.2 Å². The fourth-order valence-electron chi connectivity index (χ4n) is 3.99. The summed E-state index contributed by atoms with van der Waals surface area (Å²) >= 11 is 1.21. The number of amides is 3. The molecule has 2 aromatic carbocycles. The molecule has 1 saturated heterocycles. The summed E-state index contributed by atoms with van der Waals surface area (Å²) in [7, 11) is 0. The summed E-state index contributed by atoms with van der Waals surface area (Å²) in [4.78, 5) is 41.7. The third-order valence-electron chi connectivity index (χ3n) is 5.91. The van der Waals surface area contributed by atoms with E-state index in [-0.39, 0.29) is 24.3 Å². The summed E-state index contributed by atoms with van der Waals surface area (Å²) in [6.45, 7) is 0.597. The standard InChI is InChI=1S/C24H22F3N3O3S/c25-24(26,27)17-7-5-15(6-8-17)13-20-23(33)30(18-3-1-2-4-19(18)34-20)14-21(31)29-11-9-16(10-12-29)22(28)32/h1-8,13,16H,9-12,14H2,(H2,28,32). The molecule has 0 unspecified atom stereocenters. The van der Waals surface area contributed by atoms with Gasteiger partial charge in [-0.15, -0.1) is 0 Å². The number of hydrogen-bond acceptors (Lipinski definition) is 4. The maximum atomic E-state index is 13.3. The average Bonchev–Trinajstić information content (AvgIpc) is 2.81. The van der Waals surface area contributed by atoms with Gasteiger partial charge in [-0.25, -0.2) is 0 Å². The molecule has 6 nitrogen and oxygen atoms in total. The molecule has 0 bridgehead atoms. The van der Waals surface area contributed by atoms with Crippen LogP contribution < -0.4 is 10.6 Å². The highest BCUT2D eigenvalue weighted by molar-refractivity contribution is 8.04. The van der Waals surface area contributed by atoms with Gasteiger partial charge in [-0.2, -0.15) is 13.2 Å². The molecule has 1 fully saturated rings. The Labute approximate surface area is 198 Å². The molecule has 0 spiro atoms. The molecule has 178 valence electrons. The second-order valence-corrected chi connectivity index (χ2v) is 9.23. The van der Waals surface area contributed by atoms with E-state index in [4.69, 9.17) is 5.73 Å². The highest BCUT2D eigenvalue weighted by atomic mass is 32.2. The fourth-order valence-corrected chi connectivity index (χ4v) is 5.05. The van der Waals surface area contributed by atoms with Gasteiger partial charge in [0.1, 0.15) is 6.54 Å². The van der Waals surface area contributed by atoms with Crippen LogP contribution in [0.2, 0.25) is 0 Å². The van der Waals surface area contributed by atoms with Crippen LogP contribution >= 0.6 is 11.8 Å². The number of primary amides is 1. The Balaban J connectivity index is 1.55. The van der Waals surface area contributed by atoms with E-state index in [1.807, 2.05) is 12.1 Å². The van der Waals surface area contributed by atoms with Crippen molar-refractivity contribution in [3.05, 3.63) is 64.6 Å². The molecular weight excluding hydrogens is 467 g/mol. The lowest BCUT2D eigenvalue weighted by Crippen LogP contribution is -2.48. The molecule has 2 aliphatic rings. The van der Waals surface area contributed by atoms with E-state index in [1.54, 1.807) is 17.0 Å². The van der Waals surface area contributed by atoms with E-state index in [9.17, 15) is 27.6 Å². The number of hydrogen-bond donors (Lipinski definition) is 1. The quantitative estimate of drug-likeness (QED) is 0.661. The van der Waals surface area contributed by atoms with E-state index in [2.05, 4.69) is 0 Å². The predicted octanol–water partition coefficient (Wildman–Crippen LogP) is 3.91. The first-order chi connectivity index (χ1) is 16.1. The second kappa shape index (κ2) is 9.54. The van der Waals surface area contributed by atoms with Crippen molar-refractivity contribution in [2.45, 2.75) is 23.9 Å². The van der Waals surface area contributed by atoms with Gasteiger partial charge in [-0.1, -0.05) is 36.0 Å². The molecule has 0 saturated carbocycles. The second-order valence-electron chi connectivity index (χ2n) is 8.15. The number of nitrogens with two attached hydrogens (primary N) is 1. The van der Waals surface area contributed by atoms with Crippen LogP contribution in [0.4, 0.5) is 18.9 Å². The largest absolute Gasteiger partial charge is 0.416 e. The first-order valence-electron chi connectivity index (χ1n) is 10.7. The van der Waals surface area contributed by atoms with Crippen LogP contribution in [0.15, 0.2) is 58.3 Å². The number of piperidine rings is 1. The van der Waals surface area contributed by atoms with Crippen molar-refractivity contribution in [2.75, 3.05) is 24.5 Å². The van der Waals surface area contributed by atoms with Crippen LogP contribution in [0, 0.1) is 5.92 Å². The Morgan fingerprint density at radius 1 is 1.06 bits per heavy atom. The van der Waals surface area contributed by atoms with Crippen LogP contribution in [-0.2, 0) is 20.6 Å². The van der Waals surface area contributed by atoms with Gasteiger partial charge in [0.2, 0.25) is 11.8 Å². The Hall–Kier alpha value is -3.27. The van der Waals surface area contributed by atoms with Crippen LogP contribution in [0.1, 0.15) is 24.0 Å².